The maximum absolute atomic E-state index is 12.2. The molecule has 1 aromatic carbocycles. The normalized spacial score (nSPS) is 11.1. The fraction of sp³-hybridized carbons (Fsp3) is 0.154. The Kier molecular flexibility index (Phi) is 2.87. The summed E-state index contributed by atoms with van der Waals surface area (Å²) in [7, 11) is 1.90. The molecule has 0 saturated carbocycles. The van der Waals surface area contributed by atoms with E-state index in [4.69, 9.17) is 0 Å². The highest BCUT2D eigenvalue weighted by atomic mass is 32.2. The molecular formula is C13H12N4OS. The second-order valence-electron chi connectivity index (χ2n) is 4.10. The van der Waals surface area contributed by atoms with Crippen LogP contribution < -0.4 is 5.69 Å². The first kappa shape index (κ1) is 12.0. The van der Waals surface area contributed by atoms with Gasteiger partial charge >= 0.3 is 5.69 Å². The third-order valence-electron chi connectivity index (χ3n) is 2.93. The van der Waals surface area contributed by atoms with E-state index in [-0.39, 0.29) is 5.69 Å². The molecule has 5 nitrogen and oxygen atoms in total. The number of rotatable bonds is 2. The van der Waals surface area contributed by atoms with E-state index in [0.717, 1.165) is 11.2 Å². The molecule has 0 aliphatic rings. The number of imidazole rings is 1. The lowest BCUT2D eigenvalue weighted by Crippen LogP contribution is -2.22. The van der Waals surface area contributed by atoms with Gasteiger partial charge in [-0.05, 0) is 18.4 Å². The standard InChI is InChI=1S/C13H12N4OS/c1-16-8-14-11-10(16)12(19-2)15-13(18)17(11)9-6-4-3-5-7-9/h3-8H,1-2H3. The molecule has 6 heteroatoms. The van der Waals surface area contributed by atoms with Crippen molar-refractivity contribution in [1.82, 2.24) is 19.1 Å². The number of hydrogen-bond donors (Lipinski definition) is 0. The van der Waals surface area contributed by atoms with E-state index in [1.54, 1.807) is 6.33 Å². The fourth-order valence-electron chi connectivity index (χ4n) is 2.06. The predicted octanol–water partition coefficient (Wildman–Crippen LogP) is 1.84. The van der Waals surface area contributed by atoms with Gasteiger partial charge in [-0.25, -0.2) is 14.3 Å². The molecule has 3 rings (SSSR count). The molecule has 0 aliphatic carbocycles. The zero-order chi connectivity index (χ0) is 13.4. The molecule has 96 valence electrons. The van der Waals surface area contributed by atoms with Gasteiger partial charge in [0.25, 0.3) is 0 Å². The van der Waals surface area contributed by atoms with E-state index < -0.39 is 0 Å². The zero-order valence-corrected chi connectivity index (χ0v) is 11.4. The summed E-state index contributed by atoms with van der Waals surface area (Å²) in [6.45, 7) is 0. The van der Waals surface area contributed by atoms with Gasteiger partial charge in [0.05, 0.1) is 12.0 Å². The highest BCUT2D eigenvalue weighted by molar-refractivity contribution is 7.98. The van der Waals surface area contributed by atoms with Gasteiger partial charge in [0.1, 0.15) is 10.5 Å². The lowest BCUT2D eigenvalue weighted by atomic mass is 10.3. The van der Waals surface area contributed by atoms with Crippen LogP contribution in [0.4, 0.5) is 0 Å². The minimum absolute atomic E-state index is 0.304. The zero-order valence-electron chi connectivity index (χ0n) is 10.6. The van der Waals surface area contributed by atoms with Gasteiger partial charge in [0.15, 0.2) is 5.65 Å². The Morgan fingerprint density at radius 2 is 1.95 bits per heavy atom. The highest BCUT2D eigenvalue weighted by Gasteiger charge is 2.15. The molecule has 0 aliphatic heterocycles. The monoisotopic (exact) mass is 272 g/mol. The van der Waals surface area contributed by atoms with Gasteiger partial charge < -0.3 is 4.57 Å². The van der Waals surface area contributed by atoms with Crippen molar-refractivity contribution < 1.29 is 0 Å². The summed E-state index contributed by atoms with van der Waals surface area (Å²) in [5.41, 5.74) is 1.98. The number of fused-ring (bicyclic) bond motifs is 1. The maximum Gasteiger partial charge on any atom is 0.355 e. The number of hydrogen-bond acceptors (Lipinski definition) is 4. The lowest BCUT2D eigenvalue weighted by Gasteiger charge is -2.08. The third-order valence-corrected chi connectivity index (χ3v) is 3.60. The van der Waals surface area contributed by atoms with Gasteiger partial charge in [-0.15, -0.1) is 11.8 Å². The van der Waals surface area contributed by atoms with E-state index >= 15 is 0 Å². The van der Waals surface area contributed by atoms with Crippen LogP contribution in [-0.4, -0.2) is 25.4 Å². The number of para-hydroxylation sites is 1. The van der Waals surface area contributed by atoms with Crippen LogP contribution in [0.5, 0.6) is 0 Å². The van der Waals surface area contributed by atoms with E-state index in [9.17, 15) is 4.79 Å². The minimum atomic E-state index is -0.304. The number of aryl methyl sites for hydroxylation is 1. The molecule has 0 amide bonds. The molecule has 0 fully saturated rings. The van der Waals surface area contributed by atoms with Crippen molar-refractivity contribution in [2.75, 3.05) is 6.26 Å². The largest absolute Gasteiger partial charge is 0.355 e. The van der Waals surface area contributed by atoms with Crippen LogP contribution in [0.3, 0.4) is 0 Å². The molecular weight excluding hydrogens is 260 g/mol. The van der Waals surface area contributed by atoms with Gasteiger partial charge in [0.2, 0.25) is 0 Å². The lowest BCUT2D eigenvalue weighted by molar-refractivity contribution is 0.882. The Bertz CT molecular complexity index is 792. The number of aromatic nitrogens is 4. The SMILES string of the molecule is CSc1nc(=O)n(-c2ccccc2)c2ncn(C)c12. The van der Waals surface area contributed by atoms with E-state index in [0.29, 0.717) is 10.7 Å². The molecule has 0 atom stereocenters. The summed E-state index contributed by atoms with van der Waals surface area (Å²) in [5.74, 6) is 0. The highest BCUT2D eigenvalue weighted by Crippen LogP contribution is 2.22. The number of nitrogens with zero attached hydrogens (tertiary/aromatic N) is 4. The van der Waals surface area contributed by atoms with E-state index in [1.807, 2.05) is 48.2 Å². The minimum Gasteiger partial charge on any atom is -0.330 e. The average Bonchev–Trinajstić information content (AvgIpc) is 2.81. The summed E-state index contributed by atoms with van der Waals surface area (Å²) >= 11 is 1.45. The first-order chi connectivity index (χ1) is 9.22. The Morgan fingerprint density at radius 3 is 2.63 bits per heavy atom. The molecule has 2 heterocycles. The number of benzene rings is 1. The van der Waals surface area contributed by atoms with E-state index in [1.165, 1.54) is 16.3 Å². The van der Waals surface area contributed by atoms with Gasteiger partial charge in [-0.3, -0.25) is 0 Å². The molecule has 0 N–H and O–H groups in total. The van der Waals surface area contributed by atoms with Crippen LogP contribution >= 0.6 is 11.8 Å². The molecule has 0 unspecified atom stereocenters. The van der Waals surface area contributed by atoms with Crippen LogP contribution in [0.25, 0.3) is 16.9 Å². The quantitative estimate of drug-likeness (QED) is 0.527. The molecule has 2 aromatic heterocycles. The fourth-order valence-corrected chi connectivity index (χ4v) is 2.66. The maximum atomic E-state index is 12.2. The Morgan fingerprint density at radius 1 is 1.21 bits per heavy atom. The second kappa shape index (κ2) is 4.55. The van der Waals surface area contributed by atoms with Crippen LogP contribution in [0.1, 0.15) is 0 Å². The Labute approximate surface area is 113 Å². The summed E-state index contributed by atoms with van der Waals surface area (Å²) in [4.78, 5) is 20.7. The van der Waals surface area contributed by atoms with Crippen molar-refractivity contribution in [3.8, 4) is 5.69 Å². The van der Waals surface area contributed by atoms with Gasteiger partial charge in [-0.1, -0.05) is 18.2 Å². The first-order valence-electron chi connectivity index (χ1n) is 5.76. The molecule has 0 spiro atoms. The smallest absolute Gasteiger partial charge is 0.330 e. The van der Waals surface area contributed by atoms with Crippen molar-refractivity contribution in [3.63, 3.8) is 0 Å². The van der Waals surface area contributed by atoms with Crippen molar-refractivity contribution in [2.24, 2.45) is 7.05 Å². The van der Waals surface area contributed by atoms with Crippen LogP contribution in [0.2, 0.25) is 0 Å². The molecule has 3 aromatic rings. The summed E-state index contributed by atoms with van der Waals surface area (Å²) in [5, 5.41) is 0.701. The van der Waals surface area contributed by atoms with Gasteiger partial charge in [-0.2, -0.15) is 4.98 Å². The average molecular weight is 272 g/mol. The van der Waals surface area contributed by atoms with Crippen LogP contribution in [0, 0.1) is 0 Å². The van der Waals surface area contributed by atoms with Crippen LogP contribution in [-0.2, 0) is 7.05 Å². The van der Waals surface area contributed by atoms with E-state index in [2.05, 4.69) is 9.97 Å². The Hall–Kier alpha value is -2.08. The topological polar surface area (TPSA) is 52.7 Å². The summed E-state index contributed by atoms with van der Waals surface area (Å²) in [6, 6.07) is 9.43. The summed E-state index contributed by atoms with van der Waals surface area (Å²) in [6.07, 6.45) is 3.60. The van der Waals surface area contributed by atoms with Crippen molar-refractivity contribution in [2.45, 2.75) is 5.03 Å². The van der Waals surface area contributed by atoms with Crippen molar-refractivity contribution >= 4 is 22.9 Å². The number of thioether (sulfide) groups is 1. The van der Waals surface area contributed by atoms with Crippen molar-refractivity contribution in [1.29, 1.82) is 0 Å². The Balaban J connectivity index is 2.44. The molecule has 19 heavy (non-hydrogen) atoms. The molecule has 0 saturated heterocycles. The first-order valence-corrected chi connectivity index (χ1v) is 6.98. The molecule has 0 radical (unpaired) electrons. The molecule has 0 bridgehead atoms. The van der Waals surface area contributed by atoms with Crippen LogP contribution in [0.15, 0.2) is 46.5 Å². The third kappa shape index (κ3) is 1.84. The van der Waals surface area contributed by atoms with Gasteiger partial charge in [0, 0.05) is 7.05 Å². The van der Waals surface area contributed by atoms with Crippen molar-refractivity contribution in [3.05, 3.63) is 47.1 Å². The second-order valence-corrected chi connectivity index (χ2v) is 4.90. The summed E-state index contributed by atoms with van der Waals surface area (Å²) < 4.78 is 3.42. The predicted molar refractivity (Wildman–Crippen MR) is 75.9 cm³/mol.